The van der Waals surface area contributed by atoms with Crippen molar-refractivity contribution in [3.8, 4) is 0 Å². The van der Waals surface area contributed by atoms with E-state index in [-0.39, 0.29) is 16.4 Å². The lowest BCUT2D eigenvalue weighted by atomic mass is 10.00. The minimum absolute atomic E-state index is 0.146. The van der Waals surface area contributed by atoms with Crippen molar-refractivity contribution in [2.75, 3.05) is 11.6 Å². The van der Waals surface area contributed by atoms with Gasteiger partial charge < -0.3 is 10.6 Å². The summed E-state index contributed by atoms with van der Waals surface area (Å²) in [6.45, 7) is 1.60. The van der Waals surface area contributed by atoms with Crippen molar-refractivity contribution in [1.82, 2.24) is 15.3 Å². The molecule has 0 unspecified atom stereocenters. The fourth-order valence-corrected chi connectivity index (χ4v) is 3.66. The first-order valence-corrected chi connectivity index (χ1v) is 11.7. The number of carbonyl (C=O) groups excluding carboxylic acids is 1. The van der Waals surface area contributed by atoms with Crippen molar-refractivity contribution in [3.63, 3.8) is 0 Å². The third-order valence-electron chi connectivity index (χ3n) is 4.68. The van der Waals surface area contributed by atoms with Crippen LogP contribution in [0.4, 0.5) is 14.5 Å². The zero-order chi connectivity index (χ0) is 22.8. The summed E-state index contributed by atoms with van der Waals surface area (Å²) in [7, 11) is -3.31. The Kier molecular flexibility index (Phi) is 6.61. The highest BCUT2D eigenvalue weighted by molar-refractivity contribution is 7.93. The van der Waals surface area contributed by atoms with Crippen LogP contribution in [0.1, 0.15) is 42.0 Å². The lowest BCUT2D eigenvalue weighted by molar-refractivity contribution is 0.0936. The maximum atomic E-state index is 15.0. The van der Waals surface area contributed by atoms with Crippen molar-refractivity contribution in [2.24, 2.45) is 0 Å². The number of sulfone groups is 1. The first-order chi connectivity index (χ1) is 14.5. The highest BCUT2D eigenvalue weighted by Gasteiger charge is 2.52. The summed E-state index contributed by atoms with van der Waals surface area (Å²) in [4.78, 5) is 20.2. The van der Waals surface area contributed by atoms with Crippen LogP contribution in [0.5, 0.6) is 0 Å². The molecule has 2 atom stereocenters. The van der Waals surface area contributed by atoms with E-state index in [1.165, 1.54) is 30.6 Å². The molecule has 11 heteroatoms. The summed E-state index contributed by atoms with van der Waals surface area (Å²) in [6.07, 6.45) is 5.60. The predicted octanol–water partition coefficient (Wildman–Crippen LogP) is 3.60. The number of amides is 1. The molecule has 0 aliphatic heterocycles. The van der Waals surface area contributed by atoms with Crippen molar-refractivity contribution in [2.45, 2.75) is 37.5 Å². The summed E-state index contributed by atoms with van der Waals surface area (Å²) in [5.74, 6) is -1.39. The molecule has 166 valence electrons. The van der Waals surface area contributed by atoms with E-state index in [9.17, 15) is 22.0 Å². The summed E-state index contributed by atoms with van der Waals surface area (Å²) >= 11 is 6.05. The minimum atomic E-state index is -3.31. The minimum Gasteiger partial charge on any atom is -0.373 e. The first kappa shape index (κ1) is 23.1. The largest absolute Gasteiger partial charge is 0.373 e. The van der Waals surface area contributed by atoms with Crippen LogP contribution >= 0.6 is 11.6 Å². The average molecular weight is 471 g/mol. The molecule has 2 N–H and O–H groups in total. The van der Waals surface area contributed by atoms with Crippen molar-refractivity contribution in [1.29, 1.82) is 0 Å². The van der Waals surface area contributed by atoms with E-state index in [1.54, 1.807) is 13.0 Å². The Morgan fingerprint density at radius 1 is 1.29 bits per heavy atom. The van der Waals surface area contributed by atoms with E-state index >= 15 is 0 Å². The molecule has 0 saturated heterocycles. The molecule has 31 heavy (non-hydrogen) atoms. The number of nitrogens with zero attached hydrogens (tertiary/aromatic N) is 2. The van der Waals surface area contributed by atoms with Gasteiger partial charge in [0, 0.05) is 17.7 Å². The number of nitrogens with one attached hydrogen (secondary N) is 2. The molecule has 1 aromatic heterocycles. The van der Waals surface area contributed by atoms with E-state index < -0.39 is 39.3 Å². The number of aromatic nitrogens is 2. The van der Waals surface area contributed by atoms with Gasteiger partial charge in [0.2, 0.25) is 5.82 Å². The number of rotatable bonds is 8. The molecule has 1 saturated carbocycles. The van der Waals surface area contributed by atoms with E-state index in [0.717, 1.165) is 11.7 Å². The van der Waals surface area contributed by atoms with E-state index in [1.807, 2.05) is 0 Å². The van der Waals surface area contributed by atoms with Gasteiger partial charge in [-0.05, 0) is 31.4 Å². The van der Waals surface area contributed by atoms with E-state index in [0.29, 0.717) is 18.5 Å². The van der Waals surface area contributed by atoms with Crippen LogP contribution in [0.3, 0.4) is 0 Å². The van der Waals surface area contributed by atoms with Gasteiger partial charge in [-0.25, -0.2) is 27.2 Å². The lowest BCUT2D eigenvalue weighted by Gasteiger charge is -2.24. The zero-order valence-corrected chi connectivity index (χ0v) is 18.3. The second kappa shape index (κ2) is 8.88. The van der Waals surface area contributed by atoms with E-state index in [4.69, 9.17) is 11.6 Å². The molecule has 7 nitrogen and oxygen atoms in total. The number of halogens is 3. The molecule has 1 heterocycles. The fraction of sp³-hybridized carbons (Fsp3) is 0.350. The Hall–Kier alpha value is -2.59. The van der Waals surface area contributed by atoms with Gasteiger partial charge in [0.05, 0.1) is 29.1 Å². The molecule has 1 fully saturated rings. The van der Waals surface area contributed by atoms with E-state index in [2.05, 4.69) is 20.6 Å². The van der Waals surface area contributed by atoms with Gasteiger partial charge >= 0.3 is 0 Å². The molecule has 0 radical (unpaired) electrons. The Bertz CT molecular complexity index is 1110. The smallest absolute Gasteiger partial charge is 0.289 e. The van der Waals surface area contributed by atoms with Crippen LogP contribution in [0.2, 0.25) is 5.02 Å². The second-order valence-electron chi connectivity index (χ2n) is 7.47. The highest BCUT2D eigenvalue weighted by Crippen LogP contribution is 2.52. The SMILES string of the molecule is C[C@H](/C=C/S(C)(=O)=O)NC(=O)c1ncc(N[C@@H](c2cccc(F)c2Cl)C2(F)CC2)cn1. The maximum Gasteiger partial charge on any atom is 0.289 e. The summed E-state index contributed by atoms with van der Waals surface area (Å²) in [5.41, 5.74) is -0.958. The molecule has 1 aliphatic carbocycles. The summed E-state index contributed by atoms with van der Waals surface area (Å²) in [5, 5.41) is 6.34. The average Bonchev–Trinajstić information content (AvgIpc) is 3.45. The number of hydrogen-bond donors (Lipinski definition) is 2. The van der Waals surface area contributed by atoms with Crippen LogP contribution in [-0.4, -0.2) is 42.3 Å². The predicted molar refractivity (Wildman–Crippen MR) is 114 cm³/mol. The molecule has 2 aromatic rings. The topological polar surface area (TPSA) is 101 Å². The van der Waals surface area contributed by atoms with Crippen LogP contribution in [0.15, 0.2) is 42.1 Å². The maximum absolute atomic E-state index is 15.0. The quantitative estimate of drug-likeness (QED) is 0.611. The lowest BCUT2D eigenvalue weighted by Crippen LogP contribution is -2.32. The van der Waals surface area contributed by atoms with Gasteiger partial charge in [-0.15, -0.1) is 0 Å². The van der Waals surface area contributed by atoms with Crippen molar-refractivity contribution in [3.05, 3.63) is 64.3 Å². The van der Waals surface area contributed by atoms with Gasteiger partial charge in [0.1, 0.15) is 11.5 Å². The zero-order valence-electron chi connectivity index (χ0n) is 16.8. The Morgan fingerprint density at radius 3 is 2.52 bits per heavy atom. The highest BCUT2D eigenvalue weighted by atomic mass is 35.5. The van der Waals surface area contributed by atoms with Gasteiger partial charge in [-0.1, -0.05) is 29.8 Å². The van der Waals surface area contributed by atoms with Crippen LogP contribution in [-0.2, 0) is 9.84 Å². The third-order valence-corrected chi connectivity index (χ3v) is 5.73. The van der Waals surface area contributed by atoms with Gasteiger partial charge in [0.25, 0.3) is 5.91 Å². The normalized spacial score (nSPS) is 17.2. The number of anilines is 1. The molecule has 1 aliphatic rings. The molecular weight excluding hydrogens is 450 g/mol. The standard InChI is InChI=1S/C20H21ClF2N4O3S/c1-12(6-9-31(2,29)30)26-19(28)18-24-10-13(11-25-18)27-17(20(23)7-8-20)14-4-3-5-15(22)16(14)21/h3-6,9-12,17,27H,7-8H2,1-2H3,(H,26,28)/b9-6+/t12-,17+/m1/s1. The Balaban J connectivity index is 1.72. The van der Waals surface area contributed by atoms with Crippen LogP contribution in [0, 0.1) is 5.82 Å². The molecule has 0 spiro atoms. The molecule has 3 rings (SSSR count). The molecular formula is C20H21ClF2N4O3S. The van der Waals surface area contributed by atoms with Crippen molar-refractivity contribution >= 4 is 33.0 Å². The van der Waals surface area contributed by atoms with Gasteiger partial charge in [-0.2, -0.15) is 0 Å². The Morgan fingerprint density at radius 2 is 1.94 bits per heavy atom. The first-order valence-electron chi connectivity index (χ1n) is 9.39. The summed E-state index contributed by atoms with van der Waals surface area (Å²) < 4.78 is 51.1. The van der Waals surface area contributed by atoms with Gasteiger partial charge in [-0.3, -0.25) is 4.79 Å². The van der Waals surface area contributed by atoms with Crippen LogP contribution < -0.4 is 10.6 Å². The van der Waals surface area contributed by atoms with Gasteiger partial charge in [0.15, 0.2) is 9.84 Å². The molecule has 0 bridgehead atoms. The number of benzene rings is 1. The summed E-state index contributed by atoms with van der Waals surface area (Å²) in [6, 6.07) is 2.74. The molecule has 1 amide bonds. The number of hydrogen-bond acceptors (Lipinski definition) is 6. The fourth-order valence-electron chi connectivity index (χ4n) is 2.90. The second-order valence-corrected chi connectivity index (χ2v) is 9.78. The van der Waals surface area contributed by atoms with Crippen LogP contribution in [0.25, 0.3) is 0 Å². The molecule has 1 aromatic carbocycles. The Labute approximate surface area is 183 Å². The van der Waals surface area contributed by atoms with Crippen molar-refractivity contribution < 1.29 is 22.0 Å². The third kappa shape index (κ3) is 5.98. The monoisotopic (exact) mass is 470 g/mol. The number of carbonyl (C=O) groups is 1. The number of alkyl halides is 1.